The zero-order chi connectivity index (χ0) is 15.1. The van der Waals surface area contributed by atoms with Crippen LogP contribution in [0.4, 0.5) is 5.82 Å². The van der Waals surface area contributed by atoms with Crippen LogP contribution in [0.15, 0.2) is 35.8 Å². The zero-order valence-corrected chi connectivity index (χ0v) is 14.0. The van der Waals surface area contributed by atoms with Gasteiger partial charge in [0.05, 0.1) is 0 Å². The number of anilines is 1. The van der Waals surface area contributed by atoms with E-state index in [0.717, 1.165) is 31.7 Å². The molecule has 0 aliphatic carbocycles. The fourth-order valence-corrected chi connectivity index (χ4v) is 3.10. The molecule has 0 radical (unpaired) electrons. The SMILES string of the molecule is CCCNc1ncccc1CN(C)C(C)Cc1cccs1. The molecule has 0 aliphatic heterocycles. The first-order valence-corrected chi connectivity index (χ1v) is 8.49. The van der Waals surface area contributed by atoms with E-state index >= 15 is 0 Å². The molecule has 2 aromatic heterocycles. The Labute approximate surface area is 132 Å². The molecule has 0 fully saturated rings. The van der Waals surface area contributed by atoms with Crippen molar-refractivity contribution in [3.05, 3.63) is 46.3 Å². The maximum atomic E-state index is 4.47. The molecule has 2 rings (SSSR count). The van der Waals surface area contributed by atoms with Crippen molar-refractivity contribution in [3.8, 4) is 0 Å². The van der Waals surface area contributed by atoms with Crippen LogP contribution in [0, 0.1) is 0 Å². The highest BCUT2D eigenvalue weighted by atomic mass is 32.1. The van der Waals surface area contributed by atoms with Gasteiger partial charge < -0.3 is 5.32 Å². The number of hydrogen-bond acceptors (Lipinski definition) is 4. The van der Waals surface area contributed by atoms with E-state index in [2.05, 4.69) is 59.7 Å². The summed E-state index contributed by atoms with van der Waals surface area (Å²) < 4.78 is 0. The van der Waals surface area contributed by atoms with Gasteiger partial charge in [0.2, 0.25) is 0 Å². The van der Waals surface area contributed by atoms with Gasteiger partial charge in [0.15, 0.2) is 0 Å². The van der Waals surface area contributed by atoms with E-state index in [1.807, 2.05) is 23.6 Å². The van der Waals surface area contributed by atoms with Crippen molar-refractivity contribution < 1.29 is 0 Å². The average Bonchev–Trinajstić information content (AvgIpc) is 2.99. The number of hydrogen-bond donors (Lipinski definition) is 1. The van der Waals surface area contributed by atoms with E-state index in [1.54, 1.807) is 0 Å². The zero-order valence-electron chi connectivity index (χ0n) is 13.2. The Morgan fingerprint density at radius 1 is 1.33 bits per heavy atom. The molecule has 21 heavy (non-hydrogen) atoms. The Morgan fingerprint density at radius 3 is 2.90 bits per heavy atom. The Morgan fingerprint density at radius 2 is 2.19 bits per heavy atom. The molecule has 114 valence electrons. The number of thiophene rings is 1. The van der Waals surface area contributed by atoms with Crippen LogP contribution >= 0.6 is 11.3 Å². The highest BCUT2D eigenvalue weighted by Crippen LogP contribution is 2.18. The Bertz CT molecular complexity index is 525. The number of pyridine rings is 1. The van der Waals surface area contributed by atoms with Gasteiger partial charge >= 0.3 is 0 Å². The van der Waals surface area contributed by atoms with Crippen LogP contribution in [0.25, 0.3) is 0 Å². The predicted octanol–water partition coefficient (Wildman–Crippen LogP) is 4.03. The van der Waals surface area contributed by atoms with Crippen molar-refractivity contribution in [1.29, 1.82) is 0 Å². The molecular formula is C17H25N3S. The lowest BCUT2D eigenvalue weighted by Gasteiger charge is -2.25. The fraction of sp³-hybridized carbons (Fsp3) is 0.471. The molecule has 4 heteroatoms. The second-order valence-corrected chi connectivity index (χ2v) is 6.52. The van der Waals surface area contributed by atoms with Crippen LogP contribution in [0.2, 0.25) is 0 Å². The van der Waals surface area contributed by atoms with Gasteiger partial charge in [-0.15, -0.1) is 11.3 Å². The smallest absolute Gasteiger partial charge is 0.130 e. The highest BCUT2D eigenvalue weighted by Gasteiger charge is 2.13. The second-order valence-electron chi connectivity index (χ2n) is 5.49. The van der Waals surface area contributed by atoms with E-state index in [1.165, 1.54) is 10.4 Å². The number of nitrogens with zero attached hydrogens (tertiary/aromatic N) is 2. The topological polar surface area (TPSA) is 28.2 Å². The van der Waals surface area contributed by atoms with Crippen molar-refractivity contribution in [2.24, 2.45) is 0 Å². The first-order chi connectivity index (χ1) is 10.2. The molecule has 2 heterocycles. The molecule has 1 unspecified atom stereocenters. The van der Waals surface area contributed by atoms with Gasteiger partial charge in [-0.2, -0.15) is 0 Å². The Hall–Kier alpha value is -1.39. The summed E-state index contributed by atoms with van der Waals surface area (Å²) in [5, 5.41) is 5.57. The molecule has 0 bridgehead atoms. The van der Waals surface area contributed by atoms with Crippen LogP contribution in [0.5, 0.6) is 0 Å². The molecular weight excluding hydrogens is 278 g/mol. The van der Waals surface area contributed by atoms with Gasteiger partial charge in [0, 0.05) is 35.8 Å². The first kappa shape index (κ1) is 16.0. The summed E-state index contributed by atoms with van der Waals surface area (Å²) in [7, 11) is 2.19. The van der Waals surface area contributed by atoms with Gasteiger partial charge in [-0.1, -0.05) is 19.1 Å². The molecule has 0 aliphatic rings. The highest BCUT2D eigenvalue weighted by molar-refractivity contribution is 7.09. The summed E-state index contributed by atoms with van der Waals surface area (Å²) in [5.41, 5.74) is 1.27. The molecule has 0 amide bonds. The van der Waals surface area contributed by atoms with Crippen LogP contribution in [0.3, 0.4) is 0 Å². The predicted molar refractivity (Wildman–Crippen MR) is 92.0 cm³/mol. The third-order valence-electron chi connectivity index (χ3n) is 3.68. The van der Waals surface area contributed by atoms with Crippen molar-refractivity contribution in [1.82, 2.24) is 9.88 Å². The van der Waals surface area contributed by atoms with Crippen LogP contribution in [-0.4, -0.2) is 29.5 Å². The Kier molecular flexibility index (Phi) is 6.21. The van der Waals surface area contributed by atoms with Crippen LogP contribution in [0.1, 0.15) is 30.7 Å². The number of nitrogens with one attached hydrogen (secondary N) is 1. The summed E-state index contributed by atoms with van der Waals surface area (Å²) >= 11 is 1.84. The third kappa shape index (κ3) is 4.83. The second kappa shape index (κ2) is 8.15. The molecule has 0 spiro atoms. The van der Waals surface area contributed by atoms with Gasteiger partial charge in [-0.3, -0.25) is 4.90 Å². The summed E-state index contributed by atoms with van der Waals surface area (Å²) in [6.45, 7) is 6.35. The van der Waals surface area contributed by atoms with E-state index < -0.39 is 0 Å². The summed E-state index contributed by atoms with van der Waals surface area (Å²) in [5.74, 6) is 1.02. The summed E-state index contributed by atoms with van der Waals surface area (Å²) in [6.07, 6.45) is 4.07. The molecule has 1 N–H and O–H groups in total. The lowest BCUT2D eigenvalue weighted by Crippen LogP contribution is -2.30. The standard InChI is InChI=1S/C17H25N3S/c1-4-9-18-17-15(7-5-10-19-17)13-20(3)14(2)12-16-8-6-11-21-16/h5-8,10-11,14H,4,9,12-13H2,1-3H3,(H,18,19). The number of likely N-dealkylation sites (N-methyl/N-ethyl adjacent to an activating group) is 1. The lowest BCUT2D eigenvalue weighted by atomic mass is 10.1. The molecule has 1 atom stereocenters. The maximum absolute atomic E-state index is 4.47. The number of aromatic nitrogens is 1. The van der Waals surface area contributed by atoms with E-state index in [-0.39, 0.29) is 0 Å². The summed E-state index contributed by atoms with van der Waals surface area (Å²) in [4.78, 5) is 8.31. The molecule has 0 saturated heterocycles. The van der Waals surface area contributed by atoms with E-state index in [9.17, 15) is 0 Å². The quantitative estimate of drug-likeness (QED) is 0.798. The first-order valence-electron chi connectivity index (χ1n) is 7.61. The number of rotatable bonds is 8. The molecule has 3 nitrogen and oxygen atoms in total. The van der Waals surface area contributed by atoms with Gasteiger partial charge in [-0.05, 0) is 44.3 Å². The molecule has 0 saturated carbocycles. The monoisotopic (exact) mass is 303 g/mol. The minimum Gasteiger partial charge on any atom is -0.370 e. The normalized spacial score (nSPS) is 12.6. The van der Waals surface area contributed by atoms with Gasteiger partial charge in [-0.25, -0.2) is 4.98 Å². The molecule has 2 aromatic rings. The fourth-order valence-electron chi connectivity index (χ4n) is 2.27. The van der Waals surface area contributed by atoms with Crippen LogP contribution < -0.4 is 5.32 Å². The van der Waals surface area contributed by atoms with Crippen molar-refractivity contribution >= 4 is 17.2 Å². The largest absolute Gasteiger partial charge is 0.370 e. The minimum absolute atomic E-state index is 0.517. The minimum atomic E-state index is 0.517. The van der Waals surface area contributed by atoms with Crippen molar-refractivity contribution in [2.45, 2.75) is 39.3 Å². The maximum Gasteiger partial charge on any atom is 0.130 e. The van der Waals surface area contributed by atoms with Crippen molar-refractivity contribution in [3.63, 3.8) is 0 Å². The lowest BCUT2D eigenvalue weighted by molar-refractivity contribution is 0.249. The summed E-state index contributed by atoms with van der Waals surface area (Å²) in [6, 6.07) is 9.04. The van der Waals surface area contributed by atoms with Crippen LogP contribution in [-0.2, 0) is 13.0 Å². The van der Waals surface area contributed by atoms with E-state index in [4.69, 9.17) is 0 Å². The van der Waals surface area contributed by atoms with Crippen molar-refractivity contribution in [2.75, 3.05) is 18.9 Å². The van der Waals surface area contributed by atoms with Gasteiger partial charge in [0.25, 0.3) is 0 Å². The van der Waals surface area contributed by atoms with E-state index in [0.29, 0.717) is 6.04 Å². The Balaban J connectivity index is 1.96. The third-order valence-corrected chi connectivity index (χ3v) is 4.58. The van der Waals surface area contributed by atoms with Gasteiger partial charge in [0.1, 0.15) is 5.82 Å². The molecule has 0 aromatic carbocycles. The average molecular weight is 303 g/mol.